The van der Waals surface area contributed by atoms with Crippen LogP contribution in [0.15, 0.2) is 18.3 Å². The smallest absolute Gasteiger partial charge is 0.410 e. The predicted octanol–water partition coefficient (Wildman–Crippen LogP) is 1.76. The highest BCUT2D eigenvalue weighted by atomic mass is 16.6. The number of morpholine rings is 1. The molecule has 1 aliphatic heterocycles. The third-order valence-electron chi connectivity index (χ3n) is 3.41. The molecule has 23 heavy (non-hydrogen) atoms. The minimum atomic E-state index is -0.876. The van der Waals surface area contributed by atoms with Gasteiger partial charge in [0.15, 0.2) is 0 Å². The molecule has 0 aromatic carbocycles. The Hall–Kier alpha value is -1.86. The van der Waals surface area contributed by atoms with Gasteiger partial charge in [-0.15, -0.1) is 0 Å². The van der Waals surface area contributed by atoms with Crippen LogP contribution >= 0.6 is 0 Å². The van der Waals surface area contributed by atoms with Crippen LogP contribution in [0.5, 0.6) is 5.88 Å². The number of ether oxygens (including phenoxy) is 3. The van der Waals surface area contributed by atoms with Crippen molar-refractivity contribution < 1.29 is 24.1 Å². The van der Waals surface area contributed by atoms with Crippen LogP contribution in [-0.4, -0.2) is 59.6 Å². The summed E-state index contributed by atoms with van der Waals surface area (Å²) in [5.74, 6) is 0.473. The van der Waals surface area contributed by atoms with E-state index in [2.05, 4.69) is 4.98 Å². The van der Waals surface area contributed by atoms with Crippen molar-refractivity contribution in [3.63, 3.8) is 0 Å². The zero-order chi connectivity index (χ0) is 17.0. The van der Waals surface area contributed by atoms with E-state index >= 15 is 0 Å². The van der Waals surface area contributed by atoms with Crippen molar-refractivity contribution in [3.05, 3.63) is 23.9 Å². The molecule has 1 fully saturated rings. The Bertz CT molecular complexity index is 526. The third kappa shape index (κ3) is 4.80. The van der Waals surface area contributed by atoms with Gasteiger partial charge in [0, 0.05) is 24.4 Å². The summed E-state index contributed by atoms with van der Waals surface area (Å²) < 4.78 is 16.0. The number of hydrogen-bond acceptors (Lipinski definition) is 6. The lowest BCUT2D eigenvalue weighted by atomic mass is 10.1. The molecule has 0 aliphatic carbocycles. The van der Waals surface area contributed by atoms with Crippen LogP contribution in [0.4, 0.5) is 4.79 Å². The molecule has 1 aromatic heterocycles. The molecule has 1 saturated heterocycles. The molecule has 1 amide bonds. The number of aliphatic hydroxyl groups excluding tert-OH is 1. The first-order chi connectivity index (χ1) is 10.8. The quantitative estimate of drug-likeness (QED) is 0.912. The van der Waals surface area contributed by atoms with Gasteiger partial charge in [-0.2, -0.15) is 0 Å². The van der Waals surface area contributed by atoms with E-state index < -0.39 is 23.9 Å². The van der Waals surface area contributed by atoms with E-state index in [9.17, 15) is 9.90 Å². The number of hydrogen-bond donors (Lipinski definition) is 1. The normalized spacial score (nSPS) is 20.0. The Morgan fingerprint density at radius 1 is 1.48 bits per heavy atom. The molecule has 7 heteroatoms. The maximum absolute atomic E-state index is 12.1. The summed E-state index contributed by atoms with van der Waals surface area (Å²) >= 11 is 0. The molecule has 2 heterocycles. The van der Waals surface area contributed by atoms with Crippen LogP contribution in [-0.2, 0) is 9.47 Å². The fraction of sp³-hybridized carbons (Fsp3) is 0.625. The molecule has 2 rings (SSSR count). The summed E-state index contributed by atoms with van der Waals surface area (Å²) in [6.07, 6.45) is -0.254. The highest BCUT2D eigenvalue weighted by molar-refractivity contribution is 5.68. The number of rotatable bonds is 3. The second-order valence-corrected chi connectivity index (χ2v) is 6.41. The van der Waals surface area contributed by atoms with E-state index in [-0.39, 0.29) is 6.54 Å². The molecule has 1 aliphatic rings. The lowest BCUT2D eigenvalue weighted by Gasteiger charge is -2.36. The zero-order valence-electron chi connectivity index (χ0n) is 14.0. The molecule has 2 atom stereocenters. The topological polar surface area (TPSA) is 81.1 Å². The summed E-state index contributed by atoms with van der Waals surface area (Å²) in [5, 5.41) is 10.5. The highest BCUT2D eigenvalue weighted by Crippen LogP contribution is 2.24. The molecule has 0 bridgehead atoms. The van der Waals surface area contributed by atoms with E-state index in [0.717, 1.165) is 0 Å². The van der Waals surface area contributed by atoms with Crippen molar-refractivity contribution in [1.82, 2.24) is 9.88 Å². The van der Waals surface area contributed by atoms with E-state index in [4.69, 9.17) is 14.2 Å². The number of methoxy groups -OCH3 is 1. The van der Waals surface area contributed by atoms with Crippen LogP contribution in [0, 0.1) is 0 Å². The van der Waals surface area contributed by atoms with Gasteiger partial charge >= 0.3 is 6.09 Å². The fourth-order valence-electron chi connectivity index (χ4n) is 2.26. The number of aromatic nitrogens is 1. The first-order valence-corrected chi connectivity index (χ1v) is 7.57. The van der Waals surface area contributed by atoms with E-state index in [1.807, 2.05) is 20.8 Å². The summed E-state index contributed by atoms with van der Waals surface area (Å²) in [7, 11) is 1.53. The Morgan fingerprint density at radius 2 is 2.22 bits per heavy atom. The van der Waals surface area contributed by atoms with Gasteiger partial charge in [-0.05, 0) is 26.8 Å². The van der Waals surface area contributed by atoms with Gasteiger partial charge in [0.05, 0.1) is 20.3 Å². The Labute approximate surface area is 136 Å². The Balaban J connectivity index is 2.00. The van der Waals surface area contributed by atoms with Gasteiger partial charge in [-0.25, -0.2) is 9.78 Å². The molecule has 0 saturated carbocycles. The third-order valence-corrected chi connectivity index (χ3v) is 3.41. The summed E-state index contributed by atoms with van der Waals surface area (Å²) in [5.41, 5.74) is 0.0606. The number of aliphatic hydroxyl groups is 1. The molecule has 0 spiro atoms. The summed E-state index contributed by atoms with van der Waals surface area (Å²) in [6.45, 7) is 6.52. The molecule has 2 unspecified atom stereocenters. The van der Waals surface area contributed by atoms with Crippen molar-refractivity contribution in [2.45, 2.75) is 38.6 Å². The molecular weight excluding hydrogens is 300 g/mol. The van der Waals surface area contributed by atoms with Crippen LogP contribution in [0.2, 0.25) is 0 Å². The highest BCUT2D eigenvalue weighted by Gasteiger charge is 2.32. The molecule has 1 aromatic rings. The second kappa shape index (κ2) is 7.14. The number of pyridine rings is 1. The second-order valence-electron chi connectivity index (χ2n) is 6.41. The van der Waals surface area contributed by atoms with Crippen molar-refractivity contribution in [2.24, 2.45) is 0 Å². The molecule has 0 radical (unpaired) electrons. The van der Waals surface area contributed by atoms with Crippen molar-refractivity contribution in [1.29, 1.82) is 0 Å². The minimum Gasteiger partial charge on any atom is -0.481 e. The molecule has 1 N–H and O–H groups in total. The molecule has 128 valence electrons. The van der Waals surface area contributed by atoms with Crippen LogP contribution in [0.1, 0.15) is 32.4 Å². The van der Waals surface area contributed by atoms with Gasteiger partial charge in [0.2, 0.25) is 5.88 Å². The molecular formula is C16H24N2O5. The van der Waals surface area contributed by atoms with Crippen LogP contribution in [0.3, 0.4) is 0 Å². The number of carbonyl (C=O) groups excluding carboxylic acids is 1. The zero-order valence-corrected chi connectivity index (χ0v) is 14.0. The van der Waals surface area contributed by atoms with Crippen LogP contribution < -0.4 is 4.74 Å². The maximum atomic E-state index is 12.1. The predicted molar refractivity (Wildman–Crippen MR) is 83.3 cm³/mol. The number of carbonyl (C=O) groups is 1. The SMILES string of the molecule is COc1ccc(C(O)C2CN(C(=O)OC(C)(C)C)CCO2)cn1. The Kier molecular flexibility index (Phi) is 5.43. The monoisotopic (exact) mass is 324 g/mol. The average molecular weight is 324 g/mol. The lowest BCUT2D eigenvalue weighted by Crippen LogP contribution is -2.49. The van der Waals surface area contributed by atoms with Crippen molar-refractivity contribution >= 4 is 6.09 Å². The van der Waals surface area contributed by atoms with E-state index in [0.29, 0.717) is 24.6 Å². The van der Waals surface area contributed by atoms with Crippen LogP contribution in [0.25, 0.3) is 0 Å². The minimum absolute atomic E-state index is 0.266. The maximum Gasteiger partial charge on any atom is 0.410 e. The first kappa shape index (κ1) is 17.5. The standard InChI is InChI=1S/C16H24N2O5/c1-16(2,3)23-15(20)18-7-8-22-12(10-18)14(19)11-5-6-13(21-4)17-9-11/h5-6,9,12,14,19H,7-8,10H2,1-4H3. The van der Waals surface area contributed by atoms with Gasteiger partial charge in [0.25, 0.3) is 0 Å². The Morgan fingerprint density at radius 3 is 2.78 bits per heavy atom. The summed E-state index contributed by atoms with van der Waals surface area (Å²) in [4.78, 5) is 17.8. The largest absolute Gasteiger partial charge is 0.481 e. The first-order valence-electron chi connectivity index (χ1n) is 7.57. The summed E-state index contributed by atoms with van der Waals surface area (Å²) in [6, 6.07) is 3.40. The van der Waals surface area contributed by atoms with E-state index in [1.54, 1.807) is 23.2 Å². The lowest BCUT2D eigenvalue weighted by molar-refractivity contribution is -0.0908. The van der Waals surface area contributed by atoms with E-state index in [1.165, 1.54) is 7.11 Å². The van der Waals surface area contributed by atoms with Gasteiger partial charge in [-0.3, -0.25) is 0 Å². The number of amides is 1. The van der Waals surface area contributed by atoms with Crippen molar-refractivity contribution in [3.8, 4) is 5.88 Å². The average Bonchev–Trinajstić information content (AvgIpc) is 2.53. The van der Waals surface area contributed by atoms with Crippen molar-refractivity contribution in [2.75, 3.05) is 26.8 Å². The van der Waals surface area contributed by atoms with Gasteiger partial charge in [-0.1, -0.05) is 0 Å². The molecule has 7 nitrogen and oxygen atoms in total. The number of nitrogens with zero attached hydrogens (tertiary/aromatic N) is 2. The van der Waals surface area contributed by atoms with Gasteiger partial charge in [0.1, 0.15) is 17.8 Å². The fourth-order valence-corrected chi connectivity index (χ4v) is 2.26. The van der Waals surface area contributed by atoms with Gasteiger partial charge < -0.3 is 24.2 Å².